The number of anilines is 1. The van der Waals surface area contributed by atoms with E-state index in [9.17, 15) is 4.79 Å². The molecule has 1 aromatic heterocycles. The second kappa shape index (κ2) is 7.29. The van der Waals surface area contributed by atoms with Gasteiger partial charge in [0.1, 0.15) is 5.82 Å². The van der Waals surface area contributed by atoms with Gasteiger partial charge >= 0.3 is 0 Å². The van der Waals surface area contributed by atoms with Crippen LogP contribution in [-0.4, -0.2) is 29.0 Å². The smallest absolute Gasteiger partial charge is 0.225 e. The van der Waals surface area contributed by atoms with Gasteiger partial charge in [-0.1, -0.05) is 38.1 Å². The third-order valence-electron chi connectivity index (χ3n) is 6.11. The highest BCUT2D eigenvalue weighted by Crippen LogP contribution is 2.41. The molecule has 0 radical (unpaired) electrons. The number of fused-ring (bicyclic) bond motifs is 1. The SMILES string of the molecule is CC1(C)CC[C@H](NC(=O)[C@H]2CCCN(c3cnccn3)C2)c2ccccc21. The number of hydrogen-bond acceptors (Lipinski definition) is 4. The molecule has 1 aliphatic heterocycles. The van der Waals surface area contributed by atoms with Crippen molar-refractivity contribution in [2.45, 2.75) is 51.0 Å². The Labute approximate surface area is 161 Å². The fourth-order valence-electron chi connectivity index (χ4n) is 4.51. The lowest BCUT2D eigenvalue weighted by molar-refractivity contribution is -0.126. The second-order valence-electron chi connectivity index (χ2n) is 8.42. The van der Waals surface area contributed by atoms with E-state index in [-0.39, 0.29) is 23.3 Å². The van der Waals surface area contributed by atoms with Gasteiger partial charge in [-0.25, -0.2) is 4.98 Å². The molecule has 5 nitrogen and oxygen atoms in total. The van der Waals surface area contributed by atoms with Crippen LogP contribution in [0.15, 0.2) is 42.9 Å². The average molecular weight is 364 g/mol. The molecule has 2 atom stereocenters. The summed E-state index contributed by atoms with van der Waals surface area (Å²) in [6.45, 7) is 6.24. The second-order valence-corrected chi connectivity index (χ2v) is 8.42. The zero-order chi connectivity index (χ0) is 18.9. The maximum atomic E-state index is 13.0. The fraction of sp³-hybridized carbons (Fsp3) is 0.500. The predicted octanol–water partition coefficient (Wildman–Crippen LogP) is 3.62. The molecule has 0 spiro atoms. The van der Waals surface area contributed by atoms with Gasteiger partial charge in [0.2, 0.25) is 5.91 Å². The summed E-state index contributed by atoms with van der Waals surface area (Å²) in [6.07, 6.45) is 9.19. The average Bonchev–Trinajstić information content (AvgIpc) is 2.71. The summed E-state index contributed by atoms with van der Waals surface area (Å²) in [4.78, 5) is 23.8. The molecule has 1 fully saturated rings. The van der Waals surface area contributed by atoms with Crippen LogP contribution in [0.5, 0.6) is 0 Å². The molecule has 142 valence electrons. The van der Waals surface area contributed by atoms with Crippen molar-refractivity contribution in [3.8, 4) is 0 Å². The number of nitrogens with zero attached hydrogens (tertiary/aromatic N) is 3. The van der Waals surface area contributed by atoms with E-state index in [4.69, 9.17) is 0 Å². The number of nitrogens with one attached hydrogen (secondary N) is 1. The van der Waals surface area contributed by atoms with Crippen LogP contribution in [0, 0.1) is 5.92 Å². The summed E-state index contributed by atoms with van der Waals surface area (Å²) in [6, 6.07) is 8.69. The van der Waals surface area contributed by atoms with Gasteiger partial charge in [-0.2, -0.15) is 0 Å². The summed E-state index contributed by atoms with van der Waals surface area (Å²) in [5, 5.41) is 3.35. The van der Waals surface area contributed by atoms with Crippen molar-refractivity contribution < 1.29 is 4.79 Å². The van der Waals surface area contributed by atoms with Crippen LogP contribution in [0.1, 0.15) is 56.7 Å². The third-order valence-corrected chi connectivity index (χ3v) is 6.11. The maximum absolute atomic E-state index is 13.0. The summed E-state index contributed by atoms with van der Waals surface area (Å²) >= 11 is 0. The molecule has 2 heterocycles. The van der Waals surface area contributed by atoms with E-state index in [1.807, 2.05) is 0 Å². The van der Waals surface area contributed by atoms with Crippen molar-refractivity contribution in [3.63, 3.8) is 0 Å². The Hall–Kier alpha value is -2.43. The molecule has 4 rings (SSSR count). The molecule has 27 heavy (non-hydrogen) atoms. The van der Waals surface area contributed by atoms with Crippen molar-refractivity contribution >= 4 is 11.7 Å². The Balaban J connectivity index is 1.46. The van der Waals surface area contributed by atoms with Crippen molar-refractivity contribution in [1.82, 2.24) is 15.3 Å². The number of carbonyl (C=O) groups is 1. The van der Waals surface area contributed by atoms with Crippen LogP contribution >= 0.6 is 0 Å². The minimum absolute atomic E-state index is 0.00264. The Morgan fingerprint density at radius 1 is 1.22 bits per heavy atom. The van der Waals surface area contributed by atoms with E-state index in [0.717, 1.165) is 38.0 Å². The van der Waals surface area contributed by atoms with Crippen LogP contribution in [0.25, 0.3) is 0 Å². The molecule has 0 bridgehead atoms. The summed E-state index contributed by atoms with van der Waals surface area (Å²) in [5.74, 6) is 1.03. The molecule has 1 aliphatic carbocycles. The molecule has 0 unspecified atom stereocenters. The Morgan fingerprint density at radius 3 is 2.89 bits per heavy atom. The van der Waals surface area contributed by atoms with Crippen LogP contribution in [0.2, 0.25) is 0 Å². The topological polar surface area (TPSA) is 58.1 Å². The summed E-state index contributed by atoms with van der Waals surface area (Å²) in [7, 11) is 0. The van der Waals surface area contributed by atoms with E-state index in [0.29, 0.717) is 6.54 Å². The van der Waals surface area contributed by atoms with Crippen LogP contribution in [-0.2, 0) is 10.2 Å². The lowest BCUT2D eigenvalue weighted by Crippen LogP contribution is -2.45. The van der Waals surface area contributed by atoms with Crippen molar-refractivity contribution in [2.75, 3.05) is 18.0 Å². The predicted molar refractivity (Wildman–Crippen MR) is 107 cm³/mol. The Morgan fingerprint density at radius 2 is 2.07 bits per heavy atom. The zero-order valence-corrected chi connectivity index (χ0v) is 16.2. The first kappa shape index (κ1) is 18.0. The van der Waals surface area contributed by atoms with Gasteiger partial charge in [-0.15, -0.1) is 0 Å². The number of carbonyl (C=O) groups excluding carboxylic acids is 1. The van der Waals surface area contributed by atoms with E-state index in [2.05, 4.69) is 58.3 Å². The lowest BCUT2D eigenvalue weighted by Gasteiger charge is -2.38. The van der Waals surface area contributed by atoms with Crippen LogP contribution < -0.4 is 10.2 Å². The van der Waals surface area contributed by atoms with Gasteiger partial charge in [0.25, 0.3) is 0 Å². The largest absolute Gasteiger partial charge is 0.355 e. The standard InChI is InChI=1S/C22H28N4O/c1-22(2)10-9-19(17-7-3-4-8-18(17)22)25-21(27)16-6-5-13-26(15-16)20-14-23-11-12-24-20/h3-4,7-8,11-12,14,16,19H,5-6,9-10,13,15H2,1-2H3,(H,25,27)/t16-,19-/m0/s1. The molecule has 1 saturated heterocycles. The number of aromatic nitrogens is 2. The van der Waals surface area contributed by atoms with Crippen molar-refractivity contribution in [2.24, 2.45) is 5.92 Å². The fourth-order valence-corrected chi connectivity index (χ4v) is 4.51. The normalized spacial score (nSPS) is 24.1. The van der Waals surface area contributed by atoms with Crippen molar-refractivity contribution in [3.05, 3.63) is 54.0 Å². The van der Waals surface area contributed by atoms with Gasteiger partial charge in [0.15, 0.2) is 0 Å². The Bertz CT molecular complexity index is 805. The van der Waals surface area contributed by atoms with Gasteiger partial charge in [-0.3, -0.25) is 9.78 Å². The molecule has 5 heteroatoms. The lowest BCUT2D eigenvalue weighted by atomic mass is 9.71. The first-order chi connectivity index (χ1) is 13.0. The monoisotopic (exact) mass is 364 g/mol. The van der Waals surface area contributed by atoms with Crippen molar-refractivity contribution in [1.29, 1.82) is 0 Å². The van der Waals surface area contributed by atoms with E-state index < -0.39 is 0 Å². The van der Waals surface area contributed by atoms with Gasteiger partial charge in [0, 0.05) is 25.5 Å². The Kier molecular flexibility index (Phi) is 4.85. The molecule has 2 aromatic rings. The maximum Gasteiger partial charge on any atom is 0.225 e. The molecule has 1 aromatic carbocycles. The van der Waals surface area contributed by atoms with E-state index in [1.54, 1.807) is 18.6 Å². The number of amides is 1. The first-order valence-electron chi connectivity index (χ1n) is 9.95. The van der Waals surface area contributed by atoms with Gasteiger partial charge in [-0.05, 0) is 42.2 Å². The highest BCUT2D eigenvalue weighted by Gasteiger charge is 2.34. The highest BCUT2D eigenvalue weighted by atomic mass is 16.2. The number of hydrogen-bond donors (Lipinski definition) is 1. The molecule has 0 saturated carbocycles. The molecule has 1 N–H and O–H groups in total. The first-order valence-corrected chi connectivity index (χ1v) is 9.95. The molecular weight excluding hydrogens is 336 g/mol. The number of benzene rings is 1. The van der Waals surface area contributed by atoms with Gasteiger partial charge in [0.05, 0.1) is 18.2 Å². The minimum Gasteiger partial charge on any atom is -0.355 e. The minimum atomic E-state index is 0.00264. The molecular formula is C22H28N4O. The summed E-state index contributed by atoms with van der Waals surface area (Å²) in [5.41, 5.74) is 2.82. The quantitative estimate of drug-likeness (QED) is 0.904. The van der Waals surface area contributed by atoms with E-state index >= 15 is 0 Å². The van der Waals surface area contributed by atoms with E-state index in [1.165, 1.54) is 11.1 Å². The number of rotatable bonds is 3. The van der Waals surface area contributed by atoms with Crippen LogP contribution in [0.4, 0.5) is 5.82 Å². The summed E-state index contributed by atoms with van der Waals surface area (Å²) < 4.78 is 0. The highest BCUT2D eigenvalue weighted by molar-refractivity contribution is 5.80. The van der Waals surface area contributed by atoms with Gasteiger partial charge < -0.3 is 10.2 Å². The zero-order valence-electron chi connectivity index (χ0n) is 16.2. The molecule has 1 amide bonds. The third kappa shape index (κ3) is 3.68. The van der Waals surface area contributed by atoms with Crippen LogP contribution in [0.3, 0.4) is 0 Å². The number of piperidine rings is 1. The molecule has 2 aliphatic rings.